The summed E-state index contributed by atoms with van der Waals surface area (Å²) in [5.41, 5.74) is 8.97. The van der Waals surface area contributed by atoms with Crippen molar-refractivity contribution in [3.05, 3.63) is 102 Å². The second kappa shape index (κ2) is 7.82. The van der Waals surface area contributed by atoms with Crippen LogP contribution in [0.4, 0.5) is 4.39 Å². The van der Waals surface area contributed by atoms with Crippen LogP contribution in [0.2, 0.25) is 0 Å². The number of hydrogen-bond acceptors (Lipinski definition) is 3. The Bertz CT molecular complexity index is 1510. The van der Waals surface area contributed by atoms with Gasteiger partial charge in [-0.1, -0.05) is 48.5 Å². The Balaban J connectivity index is 1.62. The van der Waals surface area contributed by atoms with E-state index in [1.807, 2.05) is 48.5 Å². The lowest BCUT2D eigenvalue weighted by Gasteiger charge is -2.24. The van der Waals surface area contributed by atoms with Crippen molar-refractivity contribution in [1.29, 1.82) is 0 Å². The molecule has 3 nitrogen and oxygen atoms in total. The van der Waals surface area contributed by atoms with Gasteiger partial charge in [0.1, 0.15) is 11.6 Å². The Labute approximate surface area is 191 Å². The number of halogens is 1. The molecule has 0 saturated heterocycles. The minimum Gasteiger partial charge on any atom is -0.496 e. The molecule has 0 radical (unpaired) electrons. The van der Waals surface area contributed by atoms with E-state index in [2.05, 4.69) is 24.3 Å². The maximum absolute atomic E-state index is 13.7. The Kier molecular flexibility index (Phi) is 4.65. The van der Waals surface area contributed by atoms with Crippen molar-refractivity contribution in [3.8, 4) is 39.5 Å². The first-order valence-electron chi connectivity index (χ1n) is 11.0. The van der Waals surface area contributed by atoms with E-state index < -0.39 is 0 Å². The highest BCUT2D eigenvalue weighted by molar-refractivity contribution is 5.85. The van der Waals surface area contributed by atoms with Crippen LogP contribution in [0.1, 0.15) is 11.1 Å². The fraction of sp³-hybridized carbons (Fsp3) is 0.103. The number of fused-ring (bicyclic) bond motifs is 4. The summed E-state index contributed by atoms with van der Waals surface area (Å²) in [6.07, 6.45) is 1.71. The van der Waals surface area contributed by atoms with E-state index in [4.69, 9.17) is 14.7 Å². The molecule has 0 aliphatic heterocycles. The number of para-hydroxylation sites is 1. The average Bonchev–Trinajstić information content (AvgIpc) is 2.87. The molecule has 1 aliphatic carbocycles. The minimum atomic E-state index is -0.242. The fourth-order valence-corrected chi connectivity index (χ4v) is 4.76. The molecule has 5 aromatic rings. The van der Waals surface area contributed by atoms with E-state index in [1.54, 1.807) is 7.11 Å². The van der Waals surface area contributed by atoms with E-state index in [0.717, 1.165) is 63.3 Å². The molecule has 160 valence electrons. The van der Waals surface area contributed by atoms with Gasteiger partial charge in [-0.25, -0.2) is 14.4 Å². The highest BCUT2D eigenvalue weighted by atomic mass is 19.1. The zero-order valence-corrected chi connectivity index (χ0v) is 18.2. The molecule has 1 aliphatic rings. The van der Waals surface area contributed by atoms with E-state index in [9.17, 15) is 4.39 Å². The first-order valence-corrected chi connectivity index (χ1v) is 11.0. The predicted octanol–water partition coefficient (Wildman–Crippen LogP) is 6.88. The number of pyridine rings is 2. The molecule has 6 rings (SSSR count). The summed E-state index contributed by atoms with van der Waals surface area (Å²) < 4.78 is 19.3. The molecule has 0 unspecified atom stereocenters. The van der Waals surface area contributed by atoms with E-state index in [0.29, 0.717) is 0 Å². The molecular formula is C29H21FN2O. The van der Waals surface area contributed by atoms with Gasteiger partial charge in [0, 0.05) is 16.5 Å². The van der Waals surface area contributed by atoms with Gasteiger partial charge in [-0.3, -0.25) is 0 Å². The van der Waals surface area contributed by atoms with Crippen LogP contribution in [-0.4, -0.2) is 17.1 Å². The Hall–Kier alpha value is -4.05. The van der Waals surface area contributed by atoms with E-state index >= 15 is 0 Å². The maximum Gasteiger partial charge on any atom is 0.123 e. The Morgan fingerprint density at radius 1 is 0.727 bits per heavy atom. The highest BCUT2D eigenvalue weighted by Gasteiger charge is 2.25. The summed E-state index contributed by atoms with van der Waals surface area (Å²) >= 11 is 0. The SMILES string of the molecule is COc1cccc2c1CCc1c(-c3ccc(F)cc3)cc(-c3ccc4ccccc4n3)nc1-2. The van der Waals surface area contributed by atoms with Gasteiger partial charge in [0.2, 0.25) is 0 Å². The van der Waals surface area contributed by atoms with Gasteiger partial charge in [0.15, 0.2) is 0 Å². The second-order valence-corrected chi connectivity index (χ2v) is 8.26. The molecule has 0 N–H and O–H groups in total. The summed E-state index contributed by atoms with van der Waals surface area (Å²) in [5, 5.41) is 1.09. The van der Waals surface area contributed by atoms with Crippen LogP contribution < -0.4 is 4.74 Å². The number of rotatable bonds is 3. The van der Waals surface area contributed by atoms with Gasteiger partial charge in [0.05, 0.1) is 29.7 Å². The van der Waals surface area contributed by atoms with Gasteiger partial charge in [-0.2, -0.15) is 0 Å². The molecule has 33 heavy (non-hydrogen) atoms. The monoisotopic (exact) mass is 432 g/mol. The number of methoxy groups -OCH3 is 1. The summed E-state index contributed by atoms with van der Waals surface area (Å²) in [5.74, 6) is 0.644. The summed E-state index contributed by atoms with van der Waals surface area (Å²) in [7, 11) is 1.71. The van der Waals surface area contributed by atoms with Crippen molar-refractivity contribution < 1.29 is 9.13 Å². The molecule has 0 spiro atoms. The molecule has 3 aromatic carbocycles. The van der Waals surface area contributed by atoms with Crippen molar-refractivity contribution in [2.45, 2.75) is 12.8 Å². The lowest BCUT2D eigenvalue weighted by molar-refractivity contribution is 0.409. The molecule has 0 bridgehead atoms. The summed E-state index contributed by atoms with van der Waals surface area (Å²) in [4.78, 5) is 10.0. The number of ether oxygens (including phenoxy) is 1. The topological polar surface area (TPSA) is 35.0 Å². The smallest absolute Gasteiger partial charge is 0.123 e. The summed E-state index contributed by atoms with van der Waals surface area (Å²) in [6, 6.07) is 27.1. The van der Waals surface area contributed by atoms with Crippen molar-refractivity contribution in [3.63, 3.8) is 0 Å². The first kappa shape index (κ1) is 19.6. The zero-order chi connectivity index (χ0) is 22.4. The normalized spacial score (nSPS) is 12.3. The third-order valence-electron chi connectivity index (χ3n) is 6.37. The molecule has 4 heteroatoms. The number of hydrogen-bond donors (Lipinski definition) is 0. The van der Waals surface area contributed by atoms with E-state index in [-0.39, 0.29) is 5.82 Å². The van der Waals surface area contributed by atoms with Gasteiger partial charge in [0.25, 0.3) is 0 Å². The molecular weight excluding hydrogens is 411 g/mol. The molecule has 2 heterocycles. The van der Waals surface area contributed by atoms with Crippen molar-refractivity contribution >= 4 is 10.9 Å². The Morgan fingerprint density at radius 3 is 2.39 bits per heavy atom. The van der Waals surface area contributed by atoms with Crippen LogP contribution >= 0.6 is 0 Å². The van der Waals surface area contributed by atoms with Crippen LogP contribution in [0.25, 0.3) is 44.7 Å². The maximum atomic E-state index is 13.7. The lowest BCUT2D eigenvalue weighted by Crippen LogP contribution is -2.10. The average molecular weight is 432 g/mol. The van der Waals surface area contributed by atoms with Gasteiger partial charge >= 0.3 is 0 Å². The molecule has 2 aromatic heterocycles. The van der Waals surface area contributed by atoms with E-state index in [1.165, 1.54) is 23.3 Å². The fourth-order valence-electron chi connectivity index (χ4n) is 4.76. The number of aromatic nitrogens is 2. The number of nitrogens with zero attached hydrogens (tertiary/aromatic N) is 2. The van der Waals surface area contributed by atoms with Crippen LogP contribution in [-0.2, 0) is 12.8 Å². The van der Waals surface area contributed by atoms with Gasteiger partial charge < -0.3 is 4.74 Å². The molecule has 0 amide bonds. The van der Waals surface area contributed by atoms with Crippen LogP contribution in [0, 0.1) is 5.82 Å². The molecule has 0 fully saturated rings. The third kappa shape index (κ3) is 3.35. The van der Waals surface area contributed by atoms with Crippen LogP contribution in [0.3, 0.4) is 0 Å². The molecule has 0 saturated carbocycles. The number of benzene rings is 3. The highest BCUT2D eigenvalue weighted by Crippen LogP contribution is 2.42. The quantitative estimate of drug-likeness (QED) is 0.312. The first-order chi connectivity index (χ1) is 16.2. The van der Waals surface area contributed by atoms with Crippen LogP contribution in [0.5, 0.6) is 5.75 Å². The standard InChI is InChI=1S/C29H21FN2O/c1-33-28-8-4-6-22-21(28)14-15-23-24(18-9-12-20(30)13-10-18)17-27(32-29(22)23)26-16-11-19-5-2-3-7-25(19)31-26/h2-13,16-17H,14-15H2,1H3. The molecule has 0 atom stereocenters. The second-order valence-electron chi connectivity index (χ2n) is 8.26. The lowest BCUT2D eigenvalue weighted by atomic mass is 9.84. The van der Waals surface area contributed by atoms with Crippen LogP contribution in [0.15, 0.2) is 84.9 Å². The van der Waals surface area contributed by atoms with Gasteiger partial charge in [-0.05, 0) is 65.9 Å². The van der Waals surface area contributed by atoms with Crippen molar-refractivity contribution in [2.75, 3.05) is 7.11 Å². The minimum absolute atomic E-state index is 0.242. The predicted molar refractivity (Wildman–Crippen MR) is 130 cm³/mol. The summed E-state index contributed by atoms with van der Waals surface area (Å²) in [6.45, 7) is 0. The van der Waals surface area contributed by atoms with Crippen molar-refractivity contribution in [1.82, 2.24) is 9.97 Å². The third-order valence-corrected chi connectivity index (χ3v) is 6.37. The van der Waals surface area contributed by atoms with Gasteiger partial charge in [-0.15, -0.1) is 0 Å². The van der Waals surface area contributed by atoms with Crippen molar-refractivity contribution in [2.24, 2.45) is 0 Å². The zero-order valence-electron chi connectivity index (χ0n) is 18.2. The largest absolute Gasteiger partial charge is 0.496 e. The Morgan fingerprint density at radius 2 is 1.55 bits per heavy atom.